The number of amides is 1. The van der Waals surface area contributed by atoms with Crippen molar-refractivity contribution < 1.29 is 22.3 Å². The molecule has 0 bridgehead atoms. The van der Waals surface area contributed by atoms with Crippen LogP contribution in [0.3, 0.4) is 0 Å². The Labute approximate surface area is 188 Å². The Balaban J connectivity index is 1.41. The van der Waals surface area contributed by atoms with Gasteiger partial charge in [0.15, 0.2) is 5.01 Å². The van der Waals surface area contributed by atoms with E-state index < -0.39 is 27.0 Å². The van der Waals surface area contributed by atoms with Gasteiger partial charge in [-0.05, 0) is 43.5 Å². The molecule has 2 aromatic heterocycles. The van der Waals surface area contributed by atoms with E-state index in [4.69, 9.17) is 4.74 Å². The second kappa shape index (κ2) is 9.17. The van der Waals surface area contributed by atoms with Crippen molar-refractivity contribution in [1.82, 2.24) is 20.3 Å². The Morgan fingerprint density at radius 3 is 2.81 bits per heavy atom. The van der Waals surface area contributed by atoms with E-state index in [0.29, 0.717) is 41.5 Å². The Bertz CT molecular complexity index is 1240. The number of aromatic nitrogens is 3. The smallest absolute Gasteiger partial charge is 0.280 e. The average molecular weight is 478 g/mol. The fraction of sp³-hybridized carbons (Fsp3) is 0.300. The van der Waals surface area contributed by atoms with Crippen LogP contribution in [0.15, 0.2) is 36.8 Å². The van der Waals surface area contributed by atoms with E-state index >= 15 is 0 Å². The second-order valence-corrected chi connectivity index (χ2v) is 10.1. The van der Waals surface area contributed by atoms with Crippen LogP contribution in [0.5, 0.6) is 5.88 Å². The monoisotopic (exact) mass is 477 g/mol. The molecule has 2 N–H and O–H groups in total. The SMILES string of the molecule is CCOc1cncc(-c2cnc(C(=O)NCc3cc(F)cc(NS(=O)(=O)C4CC4)c3)s2)n1. The summed E-state index contributed by atoms with van der Waals surface area (Å²) in [5.41, 5.74) is 1.08. The number of sulfonamides is 1. The average Bonchev–Trinajstić information content (AvgIpc) is 3.50. The van der Waals surface area contributed by atoms with Crippen LogP contribution in [-0.2, 0) is 16.6 Å². The Kier molecular flexibility index (Phi) is 6.33. The highest BCUT2D eigenvalue weighted by atomic mass is 32.2. The molecule has 9 nitrogen and oxygen atoms in total. The van der Waals surface area contributed by atoms with E-state index in [0.717, 1.165) is 17.4 Å². The molecule has 0 spiro atoms. The quantitative estimate of drug-likeness (QED) is 0.486. The van der Waals surface area contributed by atoms with Crippen LogP contribution in [-0.4, -0.2) is 41.1 Å². The molecule has 0 aliphatic heterocycles. The predicted octanol–water partition coefficient (Wildman–Crippen LogP) is 2.97. The number of nitrogens with zero attached hydrogens (tertiary/aromatic N) is 3. The van der Waals surface area contributed by atoms with Crippen LogP contribution in [0, 0.1) is 5.82 Å². The predicted molar refractivity (Wildman–Crippen MR) is 117 cm³/mol. The highest BCUT2D eigenvalue weighted by Crippen LogP contribution is 2.30. The summed E-state index contributed by atoms with van der Waals surface area (Å²) in [5.74, 6) is -0.669. The highest BCUT2D eigenvalue weighted by molar-refractivity contribution is 7.93. The maximum atomic E-state index is 14.0. The number of hydrogen-bond donors (Lipinski definition) is 2. The van der Waals surface area contributed by atoms with E-state index in [9.17, 15) is 17.6 Å². The first-order chi connectivity index (χ1) is 15.3. The lowest BCUT2D eigenvalue weighted by Crippen LogP contribution is -2.23. The number of rotatable bonds is 9. The maximum absolute atomic E-state index is 14.0. The van der Waals surface area contributed by atoms with Crippen LogP contribution < -0.4 is 14.8 Å². The first-order valence-corrected chi connectivity index (χ1v) is 12.2. The Hall–Kier alpha value is -3.12. The zero-order chi connectivity index (χ0) is 22.7. The molecule has 3 aromatic rings. The van der Waals surface area contributed by atoms with E-state index in [1.165, 1.54) is 24.5 Å². The van der Waals surface area contributed by atoms with Crippen LogP contribution >= 0.6 is 11.3 Å². The molecule has 0 atom stereocenters. The molecule has 1 aliphatic rings. The van der Waals surface area contributed by atoms with Gasteiger partial charge in [0.25, 0.3) is 5.91 Å². The van der Waals surface area contributed by atoms with Crippen LogP contribution in [0.1, 0.15) is 35.1 Å². The third-order valence-electron chi connectivity index (χ3n) is 4.49. The number of nitrogens with one attached hydrogen (secondary N) is 2. The topological polar surface area (TPSA) is 123 Å². The Morgan fingerprint density at radius 1 is 1.25 bits per heavy atom. The summed E-state index contributed by atoms with van der Waals surface area (Å²) in [6, 6.07) is 3.83. The minimum atomic E-state index is -3.51. The molecule has 4 rings (SSSR count). The molecular weight excluding hydrogens is 457 g/mol. The van der Waals surface area contributed by atoms with E-state index in [-0.39, 0.29) is 17.2 Å². The van der Waals surface area contributed by atoms with E-state index in [2.05, 4.69) is 25.0 Å². The van der Waals surface area contributed by atoms with Gasteiger partial charge in [0.2, 0.25) is 15.9 Å². The number of anilines is 1. The molecular formula is C20H20FN5O4S2. The minimum Gasteiger partial charge on any atom is -0.477 e. The van der Waals surface area contributed by atoms with Crippen molar-refractivity contribution in [2.24, 2.45) is 0 Å². The van der Waals surface area contributed by atoms with Gasteiger partial charge in [-0.25, -0.2) is 22.8 Å². The minimum absolute atomic E-state index is 0.00327. The van der Waals surface area contributed by atoms with Gasteiger partial charge in [-0.1, -0.05) is 0 Å². The standard InChI is InChI=1S/C20H20FN5O4S2/c1-2-30-18-11-22-9-16(25-18)17-10-24-20(31-17)19(27)23-8-12-5-13(21)7-14(6-12)26-32(28,29)15-3-4-15/h5-7,9-11,15,26H,2-4,8H2,1H3,(H,23,27). The fourth-order valence-electron chi connectivity index (χ4n) is 2.88. The van der Waals surface area contributed by atoms with Crippen molar-refractivity contribution >= 4 is 33.0 Å². The van der Waals surface area contributed by atoms with Crippen LogP contribution in [0.25, 0.3) is 10.6 Å². The third-order valence-corrected chi connectivity index (χ3v) is 7.38. The van der Waals surface area contributed by atoms with Gasteiger partial charge in [0.1, 0.15) is 11.5 Å². The van der Waals surface area contributed by atoms with Crippen molar-refractivity contribution in [1.29, 1.82) is 0 Å². The number of carbonyl (C=O) groups excluding carboxylic acids is 1. The largest absolute Gasteiger partial charge is 0.477 e. The molecule has 0 saturated heterocycles. The second-order valence-electron chi connectivity index (χ2n) is 7.08. The zero-order valence-electron chi connectivity index (χ0n) is 17.0. The number of benzene rings is 1. The summed E-state index contributed by atoms with van der Waals surface area (Å²) in [6.07, 6.45) is 5.77. The summed E-state index contributed by atoms with van der Waals surface area (Å²) < 4.78 is 45.9. The number of halogens is 1. The van der Waals surface area contributed by atoms with Crippen LogP contribution in [0.2, 0.25) is 0 Å². The number of thiazole rings is 1. The maximum Gasteiger partial charge on any atom is 0.280 e. The van der Waals surface area contributed by atoms with Gasteiger partial charge < -0.3 is 10.1 Å². The lowest BCUT2D eigenvalue weighted by atomic mass is 10.2. The number of carbonyl (C=O) groups is 1. The summed E-state index contributed by atoms with van der Waals surface area (Å²) in [4.78, 5) is 25.7. The molecule has 32 heavy (non-hydrogen) atoms. The summed E-state index contributed by atoms with van der Waals surface area (Å²) >= 11 is 1.13. The Morgan fingerprint density at radius 2 is 2.06 bits per heavy atom. The highest BCUT2D eigenvalue weighted by Gasteiger charge is 2.35. The molecule has 1 fully saturated rings. The van der Waals surface area contributed by atoms with Gasteiger partial charge in [-0.2, -0.15) is 0 Å². The molecule has 1 aliphatic carbocycles. The molecule has 2 heterocycles. The van der Waals surface area contributed by atoms with Crippen molar-refractivity contribution in [3.63, 3.8) is 0 Å². The van der Waals surface area contributed by atoms with Gasteiger partial charge >= 0.3 is 0 Å². The van der Waals surface area contributed by atoms with Crippen molar-refractivity contribution in [3.8, 4) is 16.5 Å². The van der Waals surface area contributed by atoms with Gasteiger partial charge in [-0.3, -0.25) is 14.5 Å². The molecule has 168 valence electrons. The van der Waals surface area contributed by atoms with E-state index in [1.54, 1.807) is 6.20 Å². The van der Waals surface area contributed by atoms with Crippen LogP contribution in [0.4, 0.5) is 10.1 Å². The fourth-order valence-corrected chi connectivity index (χ4v) is 5.03. The first-order valence-electron chi connectivity index (χ1n) is 9.84. The first kappa shape index (κ1) is 22.1. The lowest BCUT2D eigenvalue weighted by molar-refractivity contribution is 0.0950. The van der Waals surface area contributed by atoms with Crippen molar-refractivity contribution in [2.45, 2.75) is 31.6 Å². The number of ether oxygens (including phenoxy) is 1. The molecule has 12 heteroatoms. The zero-order valence-corrected chi connectivity index (χ0v) is 18.7. The summed E-state index contributed by atoms with van der Waals surface area (Å²) in [5, 5.41) is 2.45. The van der Waals surface area contributed by atoms with Gasteiger partial charge in [0, 0.05) is 12.7 Å². The lowest BCUT2D eigenvalue weighted by Gasteiger charge is -2.10. The molecule has 1 saturated carbocycles. The van der Waals surface area contributed by atoms with Gasteiger partial charge in [0.05, 0.1) is 34.8 Å². The summed E-state index contributed by atoms with van der Waals surface area (Å²) in [7, 11) is -3.51. The molecule has 1 amide bonds. The summed E-state index contributed by atoms with van der Waals surface area (Å²) in [6.45, 7) is 2.30. The third kappa shape index (κ3) is 5.37. The normalized spacial score (nSPS) is 13.6. The molecule has 0 unspecified atom stereocenters. The van der Waals surface area contributed by atoms with Crippen molar-refractivity contribution in [3.05, 3.63) is 53.2 Å². The number of hydrogen-bond acceptors (Lipinski definition) is 8. The molecule has 0 radical (unpaired) electrons. The van der Waals surface area contributed by atoms with Crippen molar-refractivity contribution in [2.75, 3.05) is 11.3 Å². The van der Waals surface area contributed by atoms with E-state index in [1.807, 2.05) is 6.92 Å². The molecule has 1 aromatic carbocycles. The van der Waals surface area contributed by atoms with Gasteiger partial charge in [-0.15, -0.1) is 11.3 Å².